The van der Waals surface area contributed by atoms with Crippen LogP contribution < -0.4 is 0 Å². The molecule has 3 amide bonds. The molecule has 4 rings (SSSR count). The Morgan fingerprint density at radius 2 is 1.55 bits per heavy atom. The van der Waals surface area contributed by atoms with Gasteiger partial charge in [0.25, 0.3) is 5.91 Å². The van der Waals surface area contributed by atoms with Crippen LogP contribution in [0.25, 0.3) is 0 Å². The molecule has 2 saturated heterocycles. The Morgan fingerprint density at radius 1 is 0.897 bits per heavy atom. The third kappa shape index (κ3) is 3.35. The average molecular weight is 390 g/mol. The van der Waals surface area contributed by atoms with Crippen LogP contribution in [0.5, 0.6) is 0 Å². The first-order valence-corrected chi connectivity index (χ1v) is 9.83. The number of benzene rings is 2. The zero-order valence-corrected chi connectivity index (χ0v) is 16.0. The van der Waals surface area contributed by atoms with Crippen molar-refractivity contribution in [2.45, 2.75) is 37.8 Å². The van der Waals surface area contributed by atoms with Crippen molar-refractivity contribution in [2.24, 2.45) is 0 Å². The molecule has 0 unspecified atom stereocenters. The van der Waals surface area contributed by atoms with Crippen molar-refractivity contribution in [1.29, 1.82) is 0 Å². The van der Waals surface area contributed by atoms with E-state index < -0.39 is 17.4 Å². The normalized spacial score (nSPS) is 21.4. The Bertz CT molecular complexity index is 957. The van der Waals surface area contributed by atoms with Crippen LogP contribution in [0.2, 0.25) is 0 Å². The van der Waals surface area contributed by atoms with Crippen LogP contribution in [0, 0.1) is 0 Å². The number of fused-ring (bicyclic) bond motifs is 1. The minimum Gasteiger partial charge on any atom is -0.320 e. The fourth-order valence-electron chi connectivity index (χ4n) is 4.34. The van der Waals surface area contributed by atoms with Gasteiger partial charge in [0, 0.05) is 18.5 Å². The molecule has 1 atom stereocenters. The molecule has 2 heterocycles. The minimum absolute atomic E-state index is 0.0620. The largest absolute Gasteiger partial charge is 0.320 e. The number of imide groups is 1. The van der Waals surface area contributed by atoms with Crippen LogP contribution in [-0.2, 0) is 20.9 Å². The van der Waals surface area contributed by atoms with E-state index in [1.54, 1.807) is 24.3 Å². The Morgan fingerprint density at radius 3 is 2.24 bits per heavy atom. The third-order valence-electron chi connectivity index (χ3n) is 5.85. The molecule has 6 nitrogen and oxygen atoms in total. The topological polar surface area (TPSA) is 74.8 Å². The van der Waals surface area contributed by atoms with E-state index in [-0.39, 0.29) is 31.1 Å². The van der Waals surface area contributed by atoms with Crippen molar-refractivity contribution in [1.82, 2.24) is 9.80 Å². The molecule has 2 aliphatic rings. The molecule has 6 heteroatoms. The van der Waals surface area contributed by atoms with Gasteiger partial charge in [-0.25, -0.2) is 0 Å². The average Bonchev–Trinajstić information content (AvgIpc) is 3.20. The maximum Gasteiger partial charge on any atom is 0.319 e. The summed E-state index contributed by atoms with van der Waals surface area (Å²) in [5, 5.41) is 0. The van der Waals surface area contributed by atoms with Crippen LogP contribution in [0.3, 0.4) is 0 Å². The van der Waals surface area contributed by atoms with Crippen molar-refractivity contribution in [2.75, 3.05) is 6.54 Å². The van der Waals surface area contributed by atoms with Crippen LogP contribution in [-0.4, -0.2) is 45.4 Å². The highest BCUT2D eigenvalue weighted by Crippen LogP contribution is 2.39. The number of nitrogens with zero attached hydrogens (tertiary/aromatic N) is 2. The van der Waals surface area contributed by atoms with E-state index in [1.165, 1.54) is 4.90 Å². The molecule has 0 aliphatic carbocycles. The van der Waals surface area contributed by atoms with Crippen LogP contribution in [0.1, 0.15) is 41.6 Å². The summed E-state index contributed by atoms with van der Waals surface area (Å²) in [7, 11) is 0. The molecule has 0 saturated carbocycles. The molecule has 0 bridgehead atoms. The number of amides is 3. The van der Waals surface area contributed by atoms with E-state index in [2.05, 4.69) is 0 Å². The zero-order chi connectivity index (χ0) is 20.4. The number of rotatable bonds is 6. The summed E-state index contributed by atoms with van der Waals surface area (Å²) in [6, 6.07) is 18.0. The van der Waals surface area contributed by atoms with Gasteiger partial charge >= 0.3 is 11.8 Å². The maximum atomic E-state index is 13.4. The molecule has 2 fully saturated rings. The highest BCUT2D eigenvalue weighted by molar-refractivity contribution is 6.40. The van der Waals surface area contributed by atoms with Crippen molar-refractivity contribution in [3.05, 3.63) is 71.8 Å². The zero-order valence-electron chi connectivity index (χ0n) is 16.0. The first-order chi connectivity index (χ1) is 14.0. The molecule has 0 aromatic heterocycles. The number of carbonyl (C=O) groups is 4. The number of piperazine rings is 1. The van der Waals surface area contributed by atoms with Crippen molar-refractivity contribution >= 4 is 23.5 Å². The quantitative estimate of drug-likeness (QED) is 0.432. The van der Waals surface area contributed by atoms with Crippen LogP contribution in [0.4, 0.5) is 0 Å². The molecule has 2 aromatic carbocycles. The molecule has 0 radical (unpaired) electrons. The lowest BCUT2D eigenvalue weighted by Crippen LogP contribution is -2.67. The molecular formula is C23H22N2O4. The fourth-order valence-corrected chi connectivity index (χ4v) is 4.34. The first kappa shape index (κ1) is 19.1. The van der Waals surface area contributed by atoms with Crippen LogP contribution >= 0.6 is 0 Å². The monoisotopic (exact) mass is 390 g/mol. The molecule has 0 N–H and O–H groups in total. The number of carbonyl (C=O) groups excluding carboxylic acids is 4. The van der Waals surface area contributed by atoms with Crippen molar-refractivity contribution in [3.63, 3.8) is 0 Å². The van der Waals surface area contributed by atoms with Crippen molar-refractivity contribution in [3.8, 4) is 0 Å². The molecule has 29 heavy (non-hydrogen) atoms. The lowest BCUT2D eigenvalue weighted by atomic mass is 9.85. The van der Waals surface area contributed by atoms with E-state index in [0.717, 1.165) is 10.5 Å². The van der Waals surface area contributed by atoms with E-state index in [9.17, 15) is 19.2 Å². The highest BCUT2D eigenvalue weighted by Gasteiger charge is 2.58. The van der Waals surface area contributed by atoms with Gasteiger partial charge in [0.15, 0.2) is 5.78 Å². The highest BCUT2D eigenvalue weighted by atomic mass is 16.2. The van der Waals surface area contributed by atoms with Crippen LogP contribution in [0.15, 0.2) is 60.7 Å². The summed E-state index contributed by atoms with van der Waals surface area (Å²) in [5.74, 6) is -1.88. The van der Waals surface area contributed by atoms with E-state index >= 15 is 0 Å². The Labute approximate surface area is 169 Å². The second-order valence-electron chi connectivity index (χ2n) is 7.56. The summed E-state index contributed by atoms with van der Waals surface area (Å²) >= 11 is 0. The molecular weight excluding hydrogens is 368 g/mol. The number of ketones is 1. The van der Waals surface area contributed by atoms with Crippen molar-refractivity contribution < 1.29 is 19.2 Å². The van der Waals surface area contributed by atoms with Gasteiger partial charge in [-0.1, -0.05) is 60.7 Å². The Kier molecular flexibility index (Phi) is 5.01. The minimum atomic E-state index is -1.11. The summed E-state index contributed by atoms with van der Waals surface area (Å²) in [6.45, 7) is 0.432. The molecule has 148 valence electrons. The van der Waals surface area contributed by atoms with E-state index in [0.29, 0.717) is 24.9 Å². The maximum absolute atomic E-state index is 13.4. The van der Waals surface area contributed by atoms with Gasteiger partial charge in [-0.2, -0.15) is 0 Å². The van der Waals surface area contributed by atoms with Gasteiger partial charge in [0.2, 0.25) is 0 Å². The second-order valence-corrected chi connectivity index (χ2v) is 7.56. The van der Waals surface area contributed by atoms with Gasteiger partial charge in [-0.15, -0.1) is 0 Å². The van der Waals surface area contributed by atoms with E-state index in [1.807, 2.05) is 36.4 Å². The smallest absolute Gasteiger partial charge is 0.319 e. The molecule has 2 aromatic rings. The number of hydrogen-bond donors (Lipinski definition) is 0. The predicted molar refractivity (Wildman–Crippen MR) is 106 cm³/mol. The second kappa shape index (κ2) is 7.62. The van der Waals surface area contributed by atoms with Gasteiger partial charge in [0.1, 0.15) is 5.54 Å². The summed E-state index contributed by atoms with van der Waals surface area (Å²) in [6.07, 6.45) is 1.48. The van der Waals surface area contributed by atoms with E-state index in [4.69, 9.17) is 0 Å². The summed E-state index contributed by atoms with van der Waals surface area (Å²) in [4.78, 5) is 53.9. The lowest BCUT2D eigenvalue weighted by Gasteiger charge is -2.44. The first-order valence-electron chi connectivity index (χ1n) is 9.83. The number of Topliss-reactive ketones (excluding diaryl/α,β-unsaturated/α-hetero) is 1. The van der Waals surface area contributed by atoms with Gasteiger partial charge in [-0.3, -0.25) is 24.1 Å². The summed E-state index contributed by atoms with van der Waals surface area (Å²) < 4.78 is 0. The Hall–Kier alpha value is -3.28. The Balaban J connectivity index is 1.59. The SMILES string of the molecule is O=C(CC[C@]12CCCN1C(=O)C(=O)N(Cc1ccccc1)C2=O)c1ccccc1. The number of hydrogen-bond acceptors (Lipinski definition) is 4. The van der Waals surface area contributed by atoms with Gasteiger partial charge in [-0.05, 0) is 24.8 Å². The van der Waals surface area contributed by atoms with Gasteiger partial charge < -0.3 is 4.90 Å². The standard InChI is InChI=1S/C23H22N2O4/c26-19(18-10-5-2-6-11-18)12-14-23-13-7-15-25(23)21(28)20(27)24(22(23)29)16-17-8-3-1-4-9-17/h1-6,8-11H,7,12-16H2/t23-/m0/s1. The predicted octanol–water partition coefficient (Wildman–Crippen LogP) is 2.58. The third-order valence-corrected chi connectivity index (χ3v) is 5.85. The molecule has 2 aliphatic heterocycles. The summed E-state index contributed by atoms with van der Waals surface area (Å²) in [5.41, 5.74) is 0.258. The molecule has 0 spiro atoms. The lowest BCUT2D eigenvalue weighted by molar-refractivity contribution is -0.172. The fraction of sp³-hybridized carbons (Fsp3) is 0.304. The van der Waals surface area contributed by atoms with Gasteiger partial charge in [0.05, 0.1) is 6.54 Å².